The molecule has 5 nitrogen and oxygen atoms in total. The van der Waals surface area contributed by atoms with Crippen molar-refractivity contribution in [1.29, 1.82) is 0 Å². The third-order valence-electron chi connectivity index (χ3n) is 3.79. The maximum Gasteiger partial charge on any atom is 0.187 e. The summed E-state index contributed by atoms with van der Waals surface area (Å²) < 4.78 is 28.6. The van der Waals surface area contributed by atoms with Crippen molar-refractivity contribution in [3.05, 3.63) is 78.5 Å². The van der Waals surface area contributed by atoms with Crippen LogP contribution in [0.25, 0.3) is 16.9 Å². The van der Waals surface area contributed by atoms with Gasteiger partial charge in [0.15, 0.2) is 17.5 Å². The standard InChI is InChI=1S/C19H12F2N4O/c20-15-8-7-12(10-16(15)21)18-19(25-9-2-1-6-17(25)22-18)24-23-13-4-3-5-14(26)11-13/h1-11,26H. The van der Waals surface area contributed by atoms with Crippen LogP contribution in [0.5, 0.6) is 5.75 Å². The number of benzene rings is 2. The predicted molar refractivity (Wildman–Crippen MR) is 92.8 cm³/mol. The van der Waals surface area contributed by atoms with Gasteiger partial charge in [0.25, 0.3) is 0 Å². The number of halogens is 2. The van der Waals surface area contributed by atoms with E-state index in [2.05, 4.69) is 15.2 Å². The number of pyridine rings is 1. The lowest BCUT2D eigenvalue weighted by molar-refractivity contribution is 0.475. The molecule has 4 aromatic rings. The van der Waals surface area contributed by atoms with Crippen molar-refractivity contribution in [3.8, 4) is 17.0 Å². The molecular weight excluding hydrogens is 338 g/mol. The monoisotopic (exact) mass is 350 g/mol. The van der Waals surface area contributed by atoms with E-state index in [-0.39, 0.29) is 5.75 Å². The van der Waals surface area contributed by atoms with E-state index in [1.54, 1.807) is 34.9 Å². The summed E-state index contributed by atoms with van der Waals surface area (Å²) >= 11 is 0. The zero-order valence-corrected chi connectivity index (χ0v) is 13.3. The van der Waals surface area contributed by atoms with E-state index < -0.39 is 11.6 Å². The minimum absolute atomic E-state index is 0.0698. The van der Waals surface area contributed by atoms with E-state index in [9.17, 15) is 13.9 Å². The van der Waals surface area contributed by atoms with Gasteiger partial charge in [-0.2, -0.15) is 0 Å². The van der Waals surface area contributed by atoms with Crippen molar-refractivity contribution in [2.75, 3.05) is 0 Å². The minimum atomic E-state index is -0.963. The second-order valence-corrected chi connectivity index (χ2v) is 5.56. The molecule has 0 saturated heterocycles. The summed E-state index contributed by atoms with van der Waals surface area (Å²) in [6.07, 6.45) is 1.75. The molecule has 0 atom stereocenters. The van der Waals surface area contributed by atoms with E-state index in [0.29, 0.717) is 28.4 Å². The van der Waals surface area contributed by atoms with E-state index in [1.165, 1.54) is 18.2 Å². The maximum absolute atomic E-state index is 13.7. The van der Waals surface area contributed by atoms with Gasteiger partial charge in [0.05, 0.1) is 5.69 Å². The number of rotatable bonds is 3. The largest absolute Gasteiger partial charge is 0.508 e. The summed E-state index contributed by atoms with van der Waals surface area (Å²) in [5.41, 5.74) is 1.81. The first kappa shape index (κ1) is 15.9. The van der Waals surface area contributed by atoms with E-state index in [1.807, 2.05) is 6.07 Å². The molecule has 2 aromatic carbocycles. The van der Waals surface area contributed by atoms with Gasteiger partial charge in [-0.15, -0.1) is 10.2 Å². The van der Waals surface area contributed by atoms with Crippen LogP contribution in [0.3, 0.4) is 0 Å². The van der Waals surface area contributed by atoms with Gasteiger partial charge in [-0.05, 0) is 42.5 Å². The quantitative estimate of drug-likeness (QED) is 0.503. The number of hydrogen-bond donors (Lipinski definition) is 1. The molecular formula is C19H12F2N4O. The number of azo groups is 1. The van der Waals surface area contributed by atoms with Crippen LogP contribution >= 0.6 is 0 Å². The fraction of sp³-hybridized carbons (Fsp3) is 0. The number of hydrogen-bond acceptors (Lipinski definition) is 4. The van der Waals surface area contributed by atoms with Crippen molar-refractivity contribution >= 4 is 17.2 Å². The van der Waals surface area contributed by atoms with Gasteiger partial charge in [-0.3, -0.25) is 4.40 Å². The number of imidazole rings is 1. The third kappa shape index (κ3) is 2.90. The molecule has 4 rings (SSSR count). The summed E-state index contributed by atoms with van der Waals surface area (Å²) in [5, 5.41) is 17.9. The van der Waals surface area contributed by atoms with Gasteiger partial charge >= 0.3 is 0 Å². The molecule has 0 saturated carbocycles. The Morgan fingerprint density at radius 2 is 1.77 bits per heavy atom. The first-order chi connectivity index (χ1) is 12.6. The average Bonchev–Trinajstić information content (AvgIpc) is 3.01. The van der Waals surface area contributed by atoms with Gasteiger partial charge in [0.2, 0.25) is 0 Å². The smallest absolute Gasteiger partial charge is 0.187 e. The van der Waals surface area contributed by atoms with Crippen molar-refractivity contribution in [2.24, 2.45) is 10.2 Å². The van der Waals surface area contributed by atoms with Crippen LogP contribution in [-0.4, -0.2) is 14.5 Å². The lowest BCUT2D eigenvalue weighted by Crippen LogP contribution is -1.86. The van der Waals surface area contributed by atoms with Gasteiger partial charge in [-0.25, -0.2) is 13.8 Å². The molecule has 0 fully saturated rings. The Balaban J connectivity index is 1.88. The van der Waals surface area contributed by atoms with Crippen molar-refractivity contribution in [2.45, 2.75) is 0 Å². The van der Waals surface area contributed by atoms with Gasteiger partial charge < -0.3 is 5.11 Å². The molecule has 26 heavy (non-hydrogen) atoms. The third-order valence-corrected chi connectivity index (χ3v) is 3.79. The highest BCUT2D eigenvalue weighted by molar-refractivity contribution is 5.74. The molecule has 1 N–H and O–H groups in total. The Hall–Kier alpha value is -3.61. The lowest BCUT2D eigenvalue weighted by atomic mass is 10.1. The Morgan fingerprint density at radius 1 is 0.885 bits per heavy atom. The minimum Gasteiger partial charge on any atom is -0.508 e. The maximum atomic E-state index is 13.7. The number of phenols is 1. The SMILES string of the molecule is Oc1cccc(N=Nc2c(-c3ccc(F)c(F)c3)nc3ccccn23)c1. The number of fused-ring (bicyclic) bond motifs is 1. The second kappa shape index (κ2) is 6.36. The molecule has 0 aliphatic heterocycles. The summed E-state index contributed by atoms with van der Waals surface area (Å²) in [5.74, 6) is -1.45. The second-order valence-electron chi connectivity index (χ2n) is 5.56. The Kier molecular flexibility index (Phi) is 3.89. The molecule has 0 aliphatic carbocycles. The van der Waals surface area contributed by atoms with Crippen LogP contribution in [0.2, 0.25) is 0 Å². The predicted octanol–water partition coefficient (Wildman–Crippen LogP) is 5.40. The lowest BCUT2D eigenvalue weighted by Gasteiger charge is -2.01. The zero-order valence-electron chi connectivity index (χ0n) is 13.3. The van der Waals surface area contributed by atoms with Gasteiger partial charge in [0.1, 0.15) is 17.1 Å². The first-order valence-corrected chi connectivity index (χ1v) is 7.75. The van der Waals surface area contributed by atoms with Crippen molar-refractivity contribution in [3.63, 3.8) is 0 Å². The van der Waals surface area contributed by atoms with Crippen LogP contribution < -0.4 is 0 Å². The number of aromatic nitrogens is 2. The van der Waals surface area contributed by atoms with Crippen molar-refractivity contribution < 1.29 is 13.9 Å². The highest BCUT2D eigenvalue weighted by atomic mass is 19.2. The highest BCUT2D eigenvalue weighted by Gasteiger charge is 2.15. The molecule has 0 spiro atoms. The highest BCUT2D eigenvalue weighted by Crippen LogP contribution is 2.33. The number of phenolic OH excluding ortho intramolecular Hbond substituents is 1. The molecule has 2 heterocycles. The first-order valence-electron chi connectivity index (χ1n) is 7.75. The summed E-state index contributed by atoms with van der Waals surface area (Å²) in [6.45, 7) is 0. The summed E-state index contributed by atoms with van der Waals surface area (Å²) in [7, 11) is 0. The normalized spacial score (nSPS) is 11.5. The number of nitrogens with zero attached hydrogens (tertiary/aromatic N) is 4. The van der Waals surface area contributed by atoms with Gasteiger partial charge in [-0.1, -0.05) is 12.1 Å². The van der Waals surface area contributed by atoms with Gasteiger partial charge in [0, 0.05) is 17.8 Å². The van der Waals surface area contributed by atoms with Crippen molar-refractivity contribution in [1.82, 2.24) is 9.38 Å². The van der Waals surface area contributed by atoms with Crippen LogP contribution in [0.1, 0.15) is 0 Å². The van der Waals surface area contributed by atoms with Crippen LogP contribution in [0.15, 0.2) is 77.1 Å². The summed E-state index contributed by atoms with van der Waals surface area (Å²) in [4.78, 5) is 4.45. The molecule has 0 unspecified atom stereocenters. The number of aromatic hydroxyl groups is 1. The topological polar surface area (TPSA) is 62.2 Å². The molecule has 0 aliphatic rings. The summed E-state index contributed by atoms with van der Waals surface area (Å²) in [6, 6.07) is 15.3. The van der Waals surface area contributed by atoms with E-state index >= 15 is 0 Å². The Labute approximate surface area is 146 Å². The van der Waals surface area contributed by atoms with Crippen LogP contribution in [-0.2, 0) is 0 Å². The molecule has 7 heteroatoms. The average molecular weight is 350 g/mol. The van der Waals surface area contributed by atoms with E-state index in [0.717, 1.165) is 12.1 Å². The Morgan fingerprint density at radius 3 is 2.58 bits per heavy atom. The fourth-order valence-electron chi connectivity index (χ4n) is 2.58. The fourth-order valence-corrected chi connectivity index (χ4v) is 2.58. The molecule has 0 radical (unpaired) electrons. The van der Waals surface area contributed by atoms with E-state index in [4.69, 9.17) is 0 Å². The Bertz CT molecular complexity index is 1140. The van der Waals surface area contributed by atoms with Crippen LogP contribution in [0.4, 0.5) is 20.3 Å². The molecule has 128 valence electrons. The van der Waals surface area contributed by atoms with Crippen LogP contribution in [0, 0.1) is 11.6 Å². The molecule has 0 amide bonds. The molecule has 2 aromatic heterocycles. The molecule has 0 bridgehead atoms. The zero-order chi connectivity index (χ0) is 18.1.